The lowest BCUT2D eigenvalue weighted by molar-refractivity contribution is -0.385. The molecule has 1 aromatic carbocycles. The van der Waals surface area contributed by atoms with Crippen LogP contribution in [0.1, 0.15) is 24.4 Å². The smallest absolute Gasteiger partial charge is 0.274 e. The number of aromatic nitrogens is 4. The predicted molar refractivity (Wildman–Crippen MR) is 64.0 cm³/mol. The van der Waals surface area contributed by atoms with Crippen LogP contribution < -0.4 is 5.32 Å². The van der Waals surface area contributed by atoms with Gasteiger partial charge >= 0.3 is 0 Å². The van der Waals surface area contributed by atoms with Gasteiger partial charge in [0.05, 0.1) is 11.0 Å². The van der Waals surface area contributed by atoms with E-state index in [-0.39, 0.29) is 11.7 Å². The number of nitrogens with one attached hydrogen (secondary N) is 2. The number of tetrazole rings is 1. The number of nitro benzene ring substituents is 1. The SMILES string of the molecule is Cc1c(NC(C)c2nn[nH]n2)cccc1[N+](=O)[O-]. The highest BCUT2D eigenvalue weighted by molar-refractivity contribution is 5.60. The summed E-state index contributed by atoms with van der Waals surface area (Å²) in [5.41, 5.74) is 1.35. The summed E-state index contributed by atoms with van der Waals surface area (Å²) in [7, 11) is 0. The first-order chi connectivity index (χ1) is 8.59. The van der Waals surface area contributed by atoms with Crippen LogP contribution in [0, 0.1) is 17.0 Å². The molecule has 18 heavy (non-hydrogen) atoms. The molecular weight excluding hydrogens is 236 g/mol. The van der Waals surface area contributed by atoms with Crippen LogP contribution in [0.5, 0.6) is 0 Å². The van der Waals surface area contributed by atoms with Gasteiger partial charge < -0.3 is 5.32 Å². The Kier molecular flexibility index (Phi) is 3.18. The van der Waals surface area contributed by atoms with Crippen molar-refractivity contribution in [2.24, 2.45) is 0 Å². The molecule has 1 heterocycles. The van der Waals surface area contributed by atoms with E-state index >= 15 is 0 Å². The van der Waals surface area contributed by atoms with Crippen LogP contribution in [0.15, 0.2) is 18.2 Å². The second-order valence-corrected chi connectivity index (χ2v) is 3.84. The molecule has 0 aliphatic rings. The summed E-state index contributed by atoms with van der Waals surface area (Å²) in [4.78, 5) is 10.4. The first kappa shape index (κ1) is 12.0. The summed E-state index contributed by atoms with van der Waals surface area (Å²) in [6.07, 6.45) is 0. The normalized spacial score (nSPS) is 12.1. The van der Waals surface area contributed by atoms with Crippen molar-refractivity contribution >= 4 is 11.4 Å². The van der Waals surface area contributed by atoms with Crippen molar-refractivity contribution < 1.29 is 4.92 Å². The Bertz CT molecular complexity index is 554. The summed E-state index contributed by atoms with van der Waals surface area (Å²) >= 11 is 0. The molecule has 0 spiro atoms. The summed E-state index contributed by atoms with van der Waals surface area (Å²) in [5.74, 6) is 0.501. The topological polar surface area (TPSA) is 110 Å². The molecule has 1 aromatic heterocycles. The zero-order valence-corrected chi connectivity index (χ0v) is 9.91. The third-order valence-corrected chi connectivity index (χ3v) is 2.62. The Morgan fingerprint density at radius 3 is 2.89 bits per heavy atom. The Balaban J connectivity index is 2.24. The van der Waals surface area contributed by atoms with Crippen LogP contribution in [-0.4, -0.2) is 25.5 Å². The molecule has 0 amide bonds. The van der Waals surface area contributed by atoms with Gasteiger partial charge in [0, 0.05) is 17.3 Å². The monoisotopic (exact) mass is 248 g/mol. The van der Waals surface area contributed by atoms with Gasteiger partial charge in [0.15, 0.2) is 5.82 Å². The van der Waals surface area contributed by atoms with Gasteiger partial charge in [-0.3, -0.25) is 10.1 Å². The van der Waals surface area contributed by atoms with E-state index in [1.807, 2.05) is 6.92 Å². The molecule has 8 nitrogen and oxygen atoms in total. The maximum atomic E-state index is 10.8. The number of anilines is 1. The number of nitro groups is 1. The van der Waals surface area contributed by atoms with E-state index in [2.05, 4.69) is 25.9 Å². The number of aromatic amines is 1. The second-order valence-electron chi connectivity index (χ2n) is 3.84. The summed E-state index contributed by atoms with van der Waals surface area (Å²) in [5, 5.41) is 27.5. The minimum atomic E-state index is -0.403. The molecule has 0 radical (unpaired) electrons. The molecule has 2 aromatic rings. The maximum absolute atomic E-state index is 10.8. The summed E-state index contributed by atoms with van der Waals surface area (Å²) in [6, 6.07) is 4.69. The first-order valence-electron chi connectivity index (χ1n) is 5.33. The summed E-state index contributed by atoms with van der Waals surface area (Å²) in [6.45, 7) is 3.55. The van der Waals surface area contributed by atoms with Crippen LogP contribution in [0.3, 0.4) is 0 Å². The lowest BCUT2D eigenvalue weighted by atomic mass is 10.1. The molecule has 0 aliphatic carbocycles. The van der Waals surface area contributed by atoms with Crippen molar-refractivity contribution in [1.29, 1.82) is 0 Å². The zero-order valence-electron chi connectivity index (χ0n) is 9.91. The fraction of sp³-hybridized carbons (Fsp3) is 0.300. The van der Waals surface area contributed by atoms with Crippen LogP contribution in [0.25, 0.3) is 0 Å². The Morgan fingerprint density at radius 1 is 1.50 bits per heavy atom. The number of H-pyrrole nitrogens is 1. The minimum Gasteiger partial charge on any atom is -0.375 e. The van der Waals surface area contributed by atoms with E-state index in [0.29, 0.717) is 17.1 Å². The van der Waals surface area contributed by atoms with Crippen molar-refractivity contribution in [2.45, 2.75) is 19.9 Å². The van der Waals surface area contributed by atoms with Gasteiger partial charge in [-0.2, -0.15) is 5.21 Å². The van der Waals surface area contributed by atoms with Gasteiger partial charge in [-0.25, -0.2) is 0 Å². The van der Waals surface area contributed by atoms with Crippen molar-refractivity contribution in [3.8, 4) is 0 Å². The molecule has 1 atom stereocenters. The number of hydrogen-bond donors (Lipinski definition) is 2. The largest absolute Gasteiger partial charge is 0.375 e. The molecule has 0 saturated heterocycles. The molecule has 0 saturated carbocycles. The molecule has 0 aliphatic heterocycles. The Hall–Kier alpha value is -2.51. The van der Waals surface area contributed by atoms with Crippen molar-refractivity contribution in [3.05, 3.63) is 39.7 Å². The fourth-order valence-electron chi connectivity index (χ4n) is 1.63. The van der Waals surface area contributed by atoms with E-state index in [1.54, 1.807) is 19.1 Å². The predicted octanol–water partition coefficient (Wildman–Crippen LogP) is 1.59. The Labute approximate surface area is 103 Å². The van der Waals surface area contributed by atoms with Crippen LogP contribution in [0.4, 0.5) is 11.4 Å². The van der Waals surface area contributed by atoms with E-state index < -0.39 is 4.92 Å². The highest BCUT2D eigenvalue weighted by Crippen LogP contribution is 2.27. The quantitative estimate of drug-likeness (QED) is 0.628. The van der Waals surface area contributed by atoms with Crippen molar-refractivity contribution in [2.75, 3.05) is 5.32 Å². The van der Waals surface area contributed by atoms with E-state index in [0.717, 1.165) is 0 Å². The van der Waals surface area contributed by atoms with Crippen LogP contribution in [-0.2, 0) is 0 Å². The molecule has 0 fully saturated rings. The van der Waals surface area contributed by atoms with Crippen LogP contribution in [0.2, 0.25) is 0 Å². The third kappa shape index (κ3) is 2.26. The lowest BCUT2D eigenvalue weighted by Gasteiger charge is -2.13. The van der Waals surface area contributed by atoms with Gasteiger partial charge in [-0.15, -0.1) is 10.2 Å². The number of nitrogens with zero attached hydrogens (tertiary/aromatic N) is 4. The average molecular weight is 248 g/mol. The number of hydrogen-bond acceptors (Lipinski definition) is 6. The van der Waals surface area contributed by atoms with Crippen molar-refractivity contribution in [3.63, 3.8) is 0 Å². The van der Waals surface area contributed by atoms with Gasteiger partial charge in [0.1, 0.15) is 0 Å². The molecule has 2 N–H and O–H groups in total. The number of benzene rings is 1. The molecule has 0 bridgehead atoms. The maximum Gasteiger partial charge on any atom is 0.274 e. The van der Waals surface area contributed by atoms with Gasteiger partial charge in [-0.1, -0.05) is 11.3 Å². The fourth-order valence-corrected chi connectivity index (χ4v) is 1.63. The Morgan fingerprint density at radius 2 is 2.28 bits per heavy atom. The highest BCUT2D eigenvalue weighted by atomic mass is 16.6. The van der Waals surface area contributed by atoms with E-state index in [1.165, 1.54) is 6.07 Å². The first-order valence-corrected chi connectivity index (χ1v) is 5.33. The highest BCUT2D eigenvalue weighted by Gasteiger charge is 2.16. The van der Waals surface area contributed by atoms with Crippen molar-refractivity contribution in [1.82, 2.24) is 20.6 Å². The van der Waals surface area contributed by atoms with Gasteiger partial charge in [0.2, 0.25) is 0 Å². The molecule has 8 heteroatoms. The second kappa shape index (κ2) is 4.78. The van der Waals surface area contributed by atoms with Gasteiger partial charge in [0.25, 0.3) is 5.69 Å². The standard InChI is InChI=1S/C10H12N6O2/c1-6-8(4-3-5-9(6)16(17)18)11-7(2)10-12-14-15-13-10/h3-5,7,11H,1-2H3,(H,12,13,14,15). The van der Waals surface area contributed by atoms with Crippen LogP contribution >= 0.6 is 0 Å². The van der Waals surface area contributed by atoms with Gasteiger partial charge in [-0.05, 0) is 19.9 Å². The molecule has 94 valence electrons. The zero-order chi connectivity index (χ0) is 13.1. The molecule has 1 unspecified atom stereocenters. The van der Waals surface area contributed by atoms with E-state index in [4.69, 9.17) is 0 Å². The molecule has 2 rings (SSSR count). The minimum absolute atomic E-state index is 0.0836. The van der Waals surface area contributed by atoms with E-state index in [9.17, 15) is 10.1 Å². The number of rotatable bonds is 4. The average Bonchev–Trinajstić information content (AvgIpc) is 2.85. The third-order valence-electron chi connectivity index (χ3n) is 2.62. The molecular formula is C10H12N6O2. The summed E-state index contributed by atoms with van der Waals surface area (Å²) < 4.78 is 0. The lowest BCUT2D eigenvalue weighted by Crippen LogP contribution is -2.10.